The highest BCUT2D eigenvalue weighted by molar-refractivity contribution is 5.95. The Morgan fingerprint density at radius 2 is 1.71 bits per heavy atom. The molecule has 0 aromatic heterocycles. The van der Waals surface area contributed by atoms with Gasteiger partial charge in [0.05, 0.1) is 7.11 Å². The van der Waals surface area contributed by atoms with Crippen molar-refractivity contribution in [1.82, 2.24) is 0 Å². The smallest absolute Gasteiger partial charge is 0.330 e. The van der Waals surface area contributed by atoms with Gasteiger partial charge in [-0.25, -0.2) is 4.79 Å². The van der Waals surface area contributed by atoms with E-state index in [2.05, 4.69) is 4.74 Å². The Morgan fingerprint density at radius 3 is 2.19 bits per heavy atom. The van der Waals surface area contributed by atoms with E-state index in [4.69, 9.17) is 4.74 Å². The maximum Gasteiger partial charge on any atom is 0.330 e. The van der Waals surface area contributed by atoms with E-state index in [1.54, 1.807) is 26.8 Å². The summed E-state index contributed by atoms with van der Waals surface area (Å²) >= 11 is 0. The summed E-state index contributed by atoms with van der Waals surface area (Å²) in [7, 11) is 1.31. The summed E-state index contributed by atoms with van der Waals surface area (Å²) in [5.74, 6) is -1.02. The van der Waals surface area contributed by atoms with Crippen molar-refractivity contribution in [2.45, 2.75) is 53.1 Å². The number of allylic oxidation sites excluding steroid dienone is 1. The molecule has 0 N–H and O–H groups in total. The lowest BCUT2D eigenvalue weighted by atomic mass is 9.90. The number of esters is 2. The largest absolute Gasteiger partial charge is 0.466 e. The van der Waals surface area contributed by atoms with Crippen LogP contribution in [0, 0.1) is 11.8 Å². The number of ketones is 1. The number of carbonyl (C=O) groups excluding carboxylic acids is 3. The molecule has 0 aromatic rings. The third-order valence-electron chi connectivity index (χ3n) is 2.95. The van der Waals surface area contributed by atoms with Crippen LogP contribution in [0.1, 0.15) is 47.5 Å². The second kappa shape index (κ2) is 8.60. The first-order valence-electron chi connectivity index (χ1n) is 7.05. The molecule has 0 aliphatic carbocycles. The maximum atomic E-state index is 11.8. The molecule has 0 heterocycles. The highest BCUT2D eigenvalue weighted by Crippen LogP contribution is 2.18. The van der Waals surface area contributed by atoms with Crippen LogP contribution >= 0.6 is 0 Å². The van der Waals surface area contributed by atoms with Gasteiger partial charge in [-0.1, -0.05) is 19.9 Å². The highest BCUT2D eigenvalue weighted by Gasteiger charge is 2.21. The van der Waals surface area contributed by atoms with E-state index in [0.29, 0.717) is 0 Å². The van der Waals surface area contributed by atoms with Crippen LogP contribution in [-0.2, 0) is 23.9 Å². The van der Waals surface area contributed by atoms with Gasteiger partial charge in [0.2, 0.25) is 0 Å². The number of methoxy groups -OCH3 is 1. The molecule has 0 spiro atoms. The van der Waals surface area contributed by atoms with Crippen LogP contribution in [0.25, 0.3) is 0 Å². The standard InChI is InChI=1S/C16H26O5/c1-11(7-8-14(18)20-6)12(2)9-13(17)10-15(19)21-16(3,4)5/h7-8,11-12H,9-10H2,1-6H3/b8-7+/t11-,12-/m0/s1. The normalized spacial score (nSPS) is 14.6. The van der Waals surface area contributed by atoms with E-state index in [-0.39, 0.29) is 30.5 Å². The van der Waals surface area contributed by atoms with Crippen molar-refractivity contribution in [3.8, 4) is 0 Å². The minimum absolute atomic E-state index is 0.0286. The number of hydrogen-bond acceptors (Lipinski definition) is 5. The van der Waals surface area contributed by atoms with E-state index >= 15 is 0 Å². The van der Waals surface area contributed by atoms with Crippen LogP contribution < -0.4 is 0 Å². The van der Waals surface area contributed by atoms with E-state index in [1.807, 2.05) is 13.8 Å². The first kappa shape index (κ1) is 19.4. The summed E-state index contributed by atoms with van der Waals surface area (Å²) in [6.07, 6.45) is 3.11. The average Bonchev–Trinajstić information content (AvgIpc) is 2.32. The summed E-state index contributed by atoms with van der Waals surface area (Å²) < 4.78 is 9.62. The fourth-order valence-corrected chi connectivity index (χ4v) is 1.64. The van der Waals surface area contributed by atoms with Crippen molar-refractivity contribution in [3.63, 3.8) is 0 Å². The van der Waals surface area contributed by atoms with E-state index in [0.717, 1.165) is 0 Å². The maximum absolute atomic E-state index is 11.8. The molecule has 0 bridgehead atoms. The molecule has 0 aromatic carbocycles. The van der Waals surface area contributed by atoms with Gasteiger partial charge in [0.25, 0.3) is 0 Å². The molecule has 0 fully saturated rings. The van der Waals surface area contributed by atoms with Crippen molar-refractivity contribution in [3.05, 3.63) is 12.2 Å². The Labute approximate surface area is 126 Å². The molecule has 5 nitrogen and oxygen atoms in total. The SMILES string of the molecule is COC(=O)/C=C/[C@H](C)[C@@H](C)CC(=O)CC(=O)OC(C)(C)C. The van der Waals surface area contributed by atoms with Gasteiger partial charge in [0.15, 0.2) is 0 Å². The summed E-state index contributed by atoms with van der Waals surface area (Å²) in [6, 6.07) is 0. The van der Waals surface area contributed by atoms with Gasteiger partial charge in [-0.05, 0) is 32.6 Å². The number of carbonyl (C=O) groups is 3. The van der Waals surface area contributed by atoms with E-state index < -0.39 is 17.5 Å². The summed E-state index contributed by atoms with van der Waals surface area (Å²) in [5, 5.41) is 0. The Morgan fingerprint density at radius 1 is 1.14 bits per heavy atom. The molecule has 2 atom stereocenters. The number of Topliss-reactive ketones (excluding diaryl/α,β-unsaturated/α-hetero) is 1. The summed E-state index contributed by atoms with van der Waals surface area (Å²) in [5.41, 5.74) is -0.584. The number of ether oxygens (including phenoxy) is 2. The molecular formula is C16H26O5. The van der Waals surface area contributed by atoms with Crippen LogP contribution in [0.4, 0.5) is 0 Å². The second-order valence-corrected chi connectivity index (χ2v) is 6.22. The molecule has 0 amide bonds. The monoisotopic (exact) mass is 298 g/mol. The van der Waals surface area contributed by atoms with Gasteiger partial charge in [-0.2, -0.15) is 0 Å². The fraction of sp³-hybridized carbons (Fsp3) is 0.688. The van der Waals surface area contributed by atoms with Gasteiger partial charge in [-0.15, -0.1) is 0 Å². The third kappa shape index (κ3) is 9.82. The lowest BCUT2D eigenvalue weighted by molar-refractivity contribution is -0.156. The van der Waals surface area contributed by atoms with Crippen molar-refractivity contribution < 1.29 is 23.9 Å². The zero-order valence-electron chi connectivity index (χ0n) is 13.8. The van der Waals surface area contributed by atoms with Crippen molar-refractivity contribution in [1.29, 1.82) is 0 Å². The topological polar surface area (TPSA) is 69.7 Å². The zero-order chi connectivity index (χ0) is 16.6. The molecule has 0 unspecified atom stereocenters. The Hall–Kier alpha value is -1.65. The fourth-order valence-electron chi connectivity index (χ4n) is 1.64. The first-order chi connectivity index (χ1) is 9.55. The van der Waals surface area contributed by atoms with Crippen LogP contribution in [0.3, 0.4) is 0 Å². The van der Waals surface area contributed by atoms with Crippen LogP contribution in [0.15, 0.2) is 12.2 Å². The molecule has 120 valence electrons. The number of rotatable bonds is 7. The Kier molecular flexibility index (Phi) is 7.92. The zero-order valence-corrected chi connectivity index (χ0v) is 13.8. The molecule has 5 heteroatoms. The van der Waals surface area contributed by atoms with Gasteiger partial charge in [-0.3, -0.25) is 9.59 Å². The molecule has 21 heavy (non-hydrogen) atoms. The van der Waals surface area contributed by atoms with Gasteiger partial charge < -0.3 is 9.47 Å². The molecule has 0 radical (unpaired) electrons. The Balaban J connectivity index is 4.29. The van der Waals surface area contributed by atoms with E-state index in [9.17, 15) is 14.4 Å². The van der Waals surface area contributed by atoms with Crippen molar-refractivity contribution in [2.24, 2.45) is 11.8 Å². The van der Waals surface area contributed by atoms with Crippen molar-refractivity contribution in [2.75, 3.05) is 7.11 Å². The molecule has 0 saturated carbocycles. The minimum Gasteiger partial charge on any atom is -0.466 e. The lowest BCUT2D eigenvalue weighted by Gasteiger charge is -2.20. The Bertz CT molecular complexity index is 403. The van der Waals surface area contributed by atoms with Gasteiger partial charge in [0, 0.05) is 12.5 Å². The van der Waals surface area contributed by atoms with Crippen molar-refractivity contribution >= 4 is 17.7 Å². The van der Waals surface area contributed by atoms with E-state index in [1.165, 1.54) is 13.2 Å². The van der Waals surface area contributed by atoms with Crippen LogP contribution in [0.2, 0.25) is 0 Å². The minimum atomic E-state index is -0.584. The van der Waals surface area contributed by atoms with Crippen LogP contribution in [-0.4, -0.2) is 30.4 Å². The quantitative estimate of drug-likeness (QED) is 0.410. The molecule has 0 aliphatic rings. The van der Waals surface area contributed by atoms with Gasteiger partial charge in [0.1, 0.15) is 17.8 Å². The molecule has 0 aliphatic heterocycles. The first-order valence-corrected chi connectivity index (χ1v) is 7.05. The average molecular weight is 298 g/mol. The third-order valence-corrected chi connectivity index (χ3v) is 2.95. The summed E-state index contributed by atoms with van der Waals surface area (Å²) in [6.45, 7) is 9.09. The lowest BCUT2D eigenvalue weighted by Crippen LogP contribution is -2.26. The summed E-state index contributed by atoms with van der Waals surface area (Å²) in [4.78, 5) is 34.4. The van der Waals surface area contributed by atoms with Crippen LogP contribution in [0.5, 0.6) is 0 Å². The van der Waals surface area contributed by atoms with Gasteiger partial charge >= 0.3 is 11.9 Å². The molecular weight excluding hydrogens is 272 g/mol. The molecule has 0 rings (SSSR count). The molecule has 0 saturated heterocycles. The predicted octanol–water partition coefficient (Wildman–Crippen LogP) is 2.68. The highest BCUT2D eigenvalue weighted by atomic mass is 16.6. The second-order valence-electron chi connectivity index (χ2n) is 6.22. The number of hydrogen-bond donors (Lipinski definition) is 0. The predicted molar refractivity (Wildman–Crippen MR) is 79.6 cm³/mol.